The summed E-state index contributed by atoms with van der Waals surface area (Å²) in [5.74, 6) is 0.276. The Kier molecular flexibility index (Phi) is 8.11. The van der Waals surface area contributed by atoms with Crippen molar-refractivity contribution in [2.75, 3.05) is 12.4 Å². The van der Waals surface area contributed by atoms with Crippen LogP contribution in [-0.2, 0) is 29.0 Å². The smallest absolute Gasteiger partial charge is 0.263 e. The van der Waals surface area contributed by atoms with Gasteiger partial charge in [-0.2, -0.15) is 0 Å². The summed E-state index contributed by atoms with van der Waals surface area (Å²) in [4.78, 5) is 35.5. The standard InChI is InChI=1S/C26H33N3O3S2/c1-5-21-18(4)34-24-23(21)25(31)29(15-20-12-9-13-32-20)26(27-24)33-16-22(30)28(17(2)3)14-19-10-7-6-8-11-19/h6-8,10-11,17,20H,5,9,12-16H2,1-4H3/t20-/m0/s1. The zero-order chi connectivity index (χ0) is 24.2. The van der Waals surface area contributed by atoms with Crippen molar-refractivity contribution in [2.45, 2.75) is 77.3 Å². The molecule has 3 aromatic rings. The van der Waals surface area contributed by atoms with Gasteiger partial charge in [-0.3, -0.25) is 14.2 Å². The summed E-state index contributed by atoms with van der Waals surface area (Å²) in [5.41, 5.74) is 2.17. The van der Waals surface area contributed by atoms with Crippen LogP contribution in [-0.4, -0.2) is 44.9 Å². The topological polar surface area (TPSA) is 64.4 Å². The molecule has 1 aromatic carbocycles. The van der Waals surface area contributed by atoms with E-state index in [0.29, 0.717) is 18.2 Å². The van der Waals surface area contributed by atoms with Gasteiger partial charge in [-0.25, -0.2) is 4.98 Å². The van der Waals surface area contributed by atoms with E-state index in [-0.39, 0.29) is 29.4 Å². The molecule has 0 bridgehead atoms. The van der Waals surface area contributed by atoms with E-state index >= 15 is 0 Å². The maximum Gasteiger partial charge on any atom is 0.263 e. The number of benzene rings is 1. The minimum absolute atomic E-state index is 0.0124. The maximum atomic E-state index is 13.6. The van der Waals surface area contributed by atoms with Crippen molar-refractivity contribution in [1.82, 2.24) is 14.5 Å². The Balaban J connectivity index is 1.61. The van der Waals surface area contributed by atoms with Crippen LogP contribution in [0.4, 0.5) is 0 Å². The van der Waals surface area contributed by atoms with Crippen LogP contribution in [0.25, 0.3) is 10.2 Å². The third-order valence-corrected chi connectivity index (χ3v) is 8.31. The zero-order valence-corrected chi connectivity index (χ0v) is 22.0. The molecule has 4 rings (SSSR count). The van der Waals surface area contributed by atoms with Gasteiger partial charge in [-0.05, 0) is 51.2 Å². The number of ether oxygens (including phenoxy) is 1. The Morgan fingerprint density at radius 2 is 2.09 bits per heavy atom. The summed E-state index contributed by atoms with van der Waals surface area (Å²) in [6.07, 6.45) is 2.77. The number of rotatable bonds is 9. The van der Waals surface area contributed by atoms with Crippen LogP contribution >= 0.6 is 23.1 Å². The van der Waals surface area contributed by atoms with Gasteiger partial charge in [0.1, 0.15) is 4.83 Å². The first-order valence-electron chi connectivity index (χ1n) is 12.0. The molecule has 1 aliphatic rings. The number of carbonyl (C=O) groups excluding carboxylic acids is 1. The van der Waals surface area contributed by atoms with Crippen molar-refractivity contribution in [2.24, 2.45) is 0 Å². The third kappa shape index (κ3) is 5.39. The van der Waals surface area contributed by atoms with Gasteiger partial charge in [0.25, 0.3) is 5.56 Å². The highest BCUT2D eigenvalue weighted by Gasteiger charge is 2.24. The van der Waals surface area contributed by atoms with Crippen LogP contribution in [0.3, 0.4) is 0 Å². The molecule has 1 atom stereocenters. The van der Waals surface area contributed by atoms with Gasteiger partial charge in [-0.1, -0.05) is 49.0 Å². The first kappa shape index (κ1) is 24.9. The second-order valence-electron chi connectivity index (χ2n) is 9.01. The summed E-state index contributed by atoms with van der Waals surface area (Å²) in [6, 6.07) is 10.1. The molecule has 3 heterocycles. The number of thioether (sulfide) groups is 1. The highest BCUT2D eigenvalue weighted by molar-refractivity contribution is 7.99. The fraction of sp³-hybridized carbons (Fsp3) is 0.500. The number of hydrogen-bond donors (Lipinski definition) is 0. The molecule has 0 saturated carbocycles. The van der Waals surface area contributed by atoms with Crippen molar-refractivity contribution >= 4 is 39.2 Å². The quantitative estimate of drug-likeness (QED) is 0.305. The number of aromatic nitrogens is 2. The van der Waals surface area contributed by atoms with E-state index in [1.54, 1.807) is 15.9 Å². The molecule has 1 saturated heterocycles. The Labute approximate surface area is 209 Å². The summed E-state index contributed by atoms with van der Waals surface area (Å²) >= 11 is 2.92. The monoisotopic (exact) mass is 499 g/mol. The van der Waals surface area contributed by atoms with Crippen LogP contribution in [0, 0.1) is 6.92 Å². The van der Waals surface area contributed by atoms with Gasteiger partial charge >= 0.3 is 0 Å². The molecular weight excluding hydrogens is 466 g/mol. The number of thiophene rings is 1. The lowest BCUT2D eigenvalue weighted by molar-refractivity contribution is -0.130. The van der Waals surface area contributed by atoms with E-state index in [4.69, 9.17) is 9.72 Å². The number of hydrogen-bond acceptors (Lipinski definition) is 6. The van der Waals surface area contributed by atoms with Crippen LogP contribution in [0.2, 0.25) is 0 Å². The van der Waals surface area contributed by atoms with Crippen LogP contribution in [0.5, 0.6) is 0 Å². The number of amides is 1. The Morgan fingerprint density at radius 3 is 2.74 bits per heavy atom. The molecule has 182 valence electrons. The van der Waals surface area contributed by atoms with Gasteiger partial charge in [-0.15, -0.1) is 11.3 Å². The summed E-state index contributed by atoms with van der Waals surface area (Å²) < 4.78 is 7.58. The SMILES string of the molecule is CCc1c(C)sc2nc(SCC(=O)N(Cc3ccccc3)C(C)C)n(C[C@@H]3CCCO3)c(=O)c12. The summed E-state index contributed by atoms with van der Waals surface area (Å²) in [5, 5.41) is 1.33. The predicted octanol–water partition coefficient (Wildman–Crippen LogP) is 5.04. The van der Waals surface area contributed by atoms with Gasteiger partial charge in [0.2, 0.25) is 5.91 Å². The molecule has 0 N–H and O–H groups in total. The average molecular weight is 500 g/mol. The molecule has 34 heavy (non-hydrogen) atoms. The van der Waals surface area contributed by atoms with Crippen molar-refractivity contribution in [3.8, 4) is 0 Å². The molecule has 0 radical (unpaired) electrons. The zero-order valence-electron chi connectivity index (χ0n) is 20.4. The Hall–Kier alpha value is -2.16. The first-order chi connectivity index (χ1) is 16.4. The molecule has 1 aliphatic heterocycles. The molecule has 2 aromatic heterocycles. The fourth-order valence-corrected chi connectivity index (χ4v) is 6.52. The largest absolute Gasteiger partial charge is 0.376 e. The Bertz CT molecular complexity index is 1200. The lowest BCUT2D eigenvalue weighted by Gasteiger charge is -2.27. The van der Waals surface area contributed by atoms with Crippen LogP contribution in [0.1, 0.15) is 49.6 Å². The van der Waals surface area contributed by atoms with Crippen LogP contribution < -0.4 is 5.56 Å². The molecule has 8 heteroatoms. The highest BCUT2D eigenvalue weighted by Crippen LogP contribution is 2.30. The van der Waals surface area contributed by atoms with E-state index in [0.717, 1.165) is 52.1 Å². The minimum atomic E-state index is -0.0124. The maximum absolute atomic E-state index is 13.6. The first-order valence-corrected chi connectivity index (χ1v) is 13.8. The molecule has 0 aliphatic carbocycles. The Morgan fingerprint density at radius 1 is 1.32 bits per heavy atom. The normalized spacial score (nSPS) is 16.0. The van der Waals surface area contributed by atoms with E-state index in [1.165, 1.54) is 11.8 Å². The van der Waals surface area contributed by atoms with E-state index in [2.05, 4.69) is 13.8 Å². The number of fused-ring (bicyclic) bond motifs is 1. The molecule has 6 nitrogen and oxygen atoms in total. The summed E-state index contributed by atoms with van der Waals surface area (Å²) in [7, 11) is 0. The minimum Gasteiger partial charge on any atom is -0.376 e. The summed E-state index contributed by atoms with van der Waals surface area (Å²) in [6.45, 7) is 9.97. The van der Waals surface area contributed by atoms with Gasteiger partial charge in [0, 0.05) is 24.1 Å². The van der Waals surface area contributed by atoms with Gasteiger partial charge < -0.3 is 9.64 Å². The van der Waals surface area contributed by atoms with Gasteiger partial charge in [0.15, 0.2) is 5.16 Å². The predicted molar refractivity (Wildman–Crippen MR) is 140 cm³/mol. The van der Waals surface area contributed by atoms with Crippen molar-refractivity contribution in [3.63, 3.8) is 0 Å². The van der Waals surface area contributed by atoms with Crippen LogP contribution in [0.15, 0.2) is 40.3 Å². The molecule has 0 spiro atoms. The lowest BCUT2D eigenvalue weighted by atomic mass is 10.1. The molecule has 1 fully saturated rings. The van der Waals surface area contributed by atoms with E-state index in [9.17, 15) is 9.59 Å². The second kappa shape index (κ2) is 11.1. The van der Waals surface area contributed by atoms with Gasteiger partial charge in [0.05, 0.1) is 23.8 Å². The van der Waals surface area contributed by atoms with E-state index in [1.807, 2.05) is 49.1 Å². The fourth-order valence-electron chi connectivity index (χ4n) is 4.47. The van der Waals surface area contributed by atoms with E-state index < -0.39 is 0 Å². The number of aryl methyl sites for hydroxylation is 2. The number of nitrogens with zero attached hydrogens (tertiary/aromatic N) is 3. The van der Waals surface area contributed by atoms with Crippen molar-refractivity contribution in [3.05, 3.63) is 56.7 Å². The molecule has 1 amide bonds. The lowest BCUT2D eigenvalue weighted by Crippen LogP contribution is -2.37. The van der Waals surface area contributed by atoms with Crippen molar-refractivity contribution in [1.29, 1.82) is 0 Å². The third-order valence-electron chi connectivity index (χ3n) is 6.31. The van der Waals surface area contributed by atoms with Crippen molar-refractivity contribution < 1.29 is 9.53 Å². The molecular formula is C26H33N3O3S2. The molecule has 0 unspecified atom stereocenters. The average Bonchev–Trinajstić information content (AvgIpc) is 3.45. The second-order valence-corrected chi connectivity index (χ2v) is 11.2. The number of carbonyl (C=O) groups is 1. The highest BCUT2D eigenvalue weighted by atomic mass is 32.2.